The molecular formula is C11H13ClF3N3O. The minimum atomic E-state index is -4.44. The number of nitrogens with zero attached hydrogens (tertiary/aromatic N) is 1. The maximum atomic E-state index is 12.5. The van der Waals surface area contributed by atoms with Crippen LogP contribution in [0.3, 0.4) is 0 Å². The third-order valence-corrected chi connectivity index (χ3v) is 2.66. The molecule has 1 rings (SSSR count). The second kappa shape index (κ2) is 6.12. The van der Waals surface area contributed by atoms with Crippen molar-refractivity contribution >= 4 is 23.1 Å². The zero-order valence-corrected chi connectivity index (χ0v) is 10.6. The van der Waals surface area contributed by atoms with Gasteiger partial charge in [0.15, 0.2) is 0 Å². The van der Waals surface area contributed by atoms with Crippen LogP contribution < -0.4 is 10.6 Å². The molecule has 0 heterocycles. The fourth-order valence-corrected chi connectivity index (χ4v) is 1.94. The zero-order valence-electron chi connectivity index (χ0n) is 9.84. The largest absolute Gasteiger partial charge is 0.405 e. The van der Waals surface area contributed by atoms with Crippen LogP contribution in [-0.4, -0.2) is 36.8 Å². The third kappa shape index (κ3) is 4.29. The average molecular weight is 296 g/mol. The first-order chi connectivity index (χ1) is 8.76. The van der Waals surface area contributed by atoms with Gasteiger partial charge in [-0.15, -0.1) is 0 Å². The van der Waals surface area contributed by atoms with Crippen LogP contribution in [0.4, 0.5) is 18.9 Å². The molecule has 0 radical (unpaired) electrons. The van der Waals surface area contributed by atoms with Crippen molar-refractivity contribution in [1.82, 2.24) is 0 Å². The van der Waals surface area contributed by atoms with Crippen LogP contribution in [0, 0.1) is 5.41 Å². The fraction of sp³-hybridized carbons (Fsp3) is 0.364. The maximum Gasteiger partial charge on any atom is 0.405 e. The number of amidine groups is 1. The van der Waals surface area contributed by atoms with Gasteiger partial charge >= 0.3 is 6.18 Å². The highest BCUT2D eigenvalue weighted by molar-refractivity contribution is 6.34. The number of aliphatic hydroxyl groups excluding tert-OH is 1. The summed E-state index contributed by atoms with van der Waals surface area (Å²) in [5.74, 6) is -0.425. The molecule has 4 nitrogen and oxygen atoms in total. The Morgan fingerprint density at radius 3 is 2.53 bits per heavy atom. The van der Waals surface area contributed by atoms with E-state index in [2.05, 4.69) is 0 Å². The van der Waals surface area contributed by atoms with Gasteiger partial charge in [-0.05, 0) is 12.1 Å². The van der Waals surface area contributed by atoms with Crippen molar-refractivity contribution < 1.29 is 18.3 Å². The summed E-state index contributed by atoms with van der Waals surface area (Å²) >= 11 is 5.85. The zero-order chi connectivity index (χ0) is 14.6. The molecule has 106 valence electrons. The number of hydrogen-bond donors (Lipinski definition) is 3. The molecule has 0 aliphatic heterocycles. The van der Waals surface area contributed by atoms with Crippen molar-refractivity contribution in [2.24, 2.45) is 5.73 Å². The van der Waals surface area contributed by atoms with Crippen molar-refractivity contribution in [2.75, 3.05) is 24.6 Å². The van der Waals surface area contributed by atoms with E-state index in [4.69, 9.17) is 27.9 Å². The molecule has 0 bridgehead atoms. The minimum absolute atomic E-state index is 0.0295. The van der Waals surface area contributed by atoms with E-state index < -0.39 is 25.2 Å². The molecular weight excluding hydrogens is 283 g/mol. The highest BCUT2D eigenvalue weighted by Gasteiger charge is 2.32. The quantitative estimate of drug-likeness (QED) is 0.574. The van der Waals surface area contributed by atoms with Gasteiger partial charge in [-0.25, -0.2) is 0 Å². The highest BCUT2D eigenvalue weighted by atomic mass is 35.5. The molecule has 8 heteroatoms. The lowest BCUT2D eigenvalue weighted by Gasteiger charge is -2.27. The monoisotopic (exact) mass is 295 g/mol. The number of hydrogen-bond acceptors (Lipinski definition) is 3. The molecule has 0 saturated carbocycles. The lowest BCUT2D eigenvalue weighted by atomic mass is 10.1. The van der Waals surface area contributed by atoms with Gasteiger partial charge in [0.2, 0.25) is 0 Å². The number of anilines is 1. The van der Waals surface area contributed by atoms with Crippen LogP contribution in [-0.2, 0) is 0 Å². The Hall–Kier alpha value is -1.47. The first-order valence-corrected chi connectivity index (χ1v) is 5.69. The molecule has 1 aromatic rings. The Bertz CT molecular complexity index is 465. The topological polar surface area (TPSA) is 73.3 Å². The molecule has 1 aromatic carbocycles. The Labute approximate surface area is 113 Å². The van der Waals surface area contributed by atoms with E-state index >= 15 is 0 Å². The van der Waals surface area contributed by atoms with E-state index in [1.165, 1.54) is 18.2 Å². The number of rotatable bonds is 5. The minimum Gasteiger partial charge on any atom is -0.395 e. The summed E-state index contributed by atoms with van der Waals surface area (Å²) in [6.07, 6.45) is -4.44. The van der Waals surface area contributed by atoms with Gasteiger partial charge in [0.05, 0.1) is 17.2 Å². The van der Waals surface area contributed by atoms with Crippen LogP contribution >= 0.6 is 11.6 Å². The van der Waals surface area contributed by atoms with Crippen molar-refractivity contribution in [1.29, 1.82) is 5.41 Å². The van der Waals surface area contributed by atoms with Gasteiger partial charge in [0.1, 0.15) is 12.4 Å². The van der Waals surface area contributed by atoms with Gasteiger partial charge in [-0.3, -0.25) is 5.41 Å². The SMILES string of the molecule is N=C(N)c1c(Cl)cccc1N(CCO)CC(F)(F)F. The second-order valence-corrected chi connectivity index (χ2v) is 4.22. The lowest BCUT2D eigenvalue weighted by Crippen LogP contribution is -2.37. The molecule has 19 heavy (non-hydrogen) atoms. The highest BCUT2D eigenvalue weighted by Crippen LogP contribution is 2.29. The van der Waals surface area contributed by atoms with Crippen molar-refractivity contribution in [3.8, 4) is 0 Å². The normalized spacial score (nSPS) is 11.4. The molecule has 0 aromatic heterocycles. The molecule has 0 amide bonds. The summed E-state index contributed by atoms with van der Waals surface area (Å²) in [4.78, 5) is 0.891. The summed E-state index contributed by atoms with van der Waals surface area (Å²) in [7, 11) is 0. The van der Waals surface area contributed by atoms with E-state index in [0.29, 0.717) is 0 Å². The summed E-state index contributed by atoms with van der Waals surface area (Å²) in [6, 6.07) is 4.28. The predicted octanol–water partition coefficient (Wildman–Crippen LogP) is 1.99. The van der Waals surface area contributed by atoms with E-state index in [1.54, 1.807) is 0 Å². The van der Waals surface area contributed by atoms with E-state index in [-0.39, 0.29) is 22.8 Å². The molecule has 0 aliphatic carbocycles. The van der Waals surface area contributed by atoms with Crippen molar-refractivity contribution in [2.45, 2.75) is 6.18 Å². The summed E-state index contributed by atoms with van der Waals surface area (Å²) in [5.41, 5.74) is 5.45. The smallest absolute Gasteiger partial charge is 0.395 e. The average Bonchev–Trinajstić information content (AvgIpc) is 2.25. The third-order valence-electron chi connectivity index (χ3n) is 2.34. The molecule has 0 unspecified atom stereocenters. The van der Waals surface area contributed by atoms with Crippen LogP contribution in [0.25, 0.3) is 0 Å². The van der Waals surface area contributed by atoms with E-state index in [9.17, 15) is 13.2 Å². The fourth-order valence-electron chi connectivity index (χ4n) is 1.66. The summed E-state index contributed by atoms with van der Waals surface area (Å²) in [6.45, 7) is -1.95. The van der Waals surface area contributed by atoms with Crippen molar-refractivity contribution in [3.05, 3.63) is 28.8 Å². The molecule has 0 spiro atoms. The van der Waals surface area contributed by atoms with E-state index in [0.717, 1.165) is 4.90 Å². The van der Waals surface area contributed by atoms with Crippen LogP contribution in [0.2, 0.25) is 5.02 Å². The first kappa shape index (κ1) is 15.6. The van der Waals surface area contributed by atoms with Gasteiger partial charge in [0.25, 0.3) is 0 Å². The van der Waals surface area contributed by atoms with Crippen LogP contribution in [0.15, 0.2) is 18.2 Å². The lowest BCUT2D eigenvalue weighted by molar-refractivity contribution is -0.119. The van der Waals surface area contributed by atoms with Gasteiger partial charge in [-0.2, -0.15) is 13.2 Å². The standard InChI is InChI=1S/C11H13ClF3N3O/c12-7-2-1-3-8(9(7)10(16)17)18(4-5-19)6-11(13,14)15/h1-3,19H,4-6H2,(H3,16,17). The number of aliphatic hydroxyl groups is 1. The number of nitrogens with two attached hydrogens (primary N) is 1. The number of benzene rings is 1. The maximum absolute atomic E-state index is 12.5. The Morgan fingerprint density at radius 2 is 2.05 bits per heavy atom. The van der Waals surface area contributed by atoms with E-state index in [1.807, 2.05) is 0 Å². The Morgan fingerprint density at radius 1 is 1.42 bits per heavy atom. The second-order valence-electron chi connectivity index (χ2n) is 3.81. The number of halogens is 4. The van der Waals surface area contributed by atoms with Gasteiger partial charge in [0, 0.05) is 12.2 Å². The molecule has 0 aliphatic rings. The number of nitrogens with one attached hydrogen (secondary N) is 1. The molecule has 0 atom stereocenters. The van der Waals surface area contributed by atoms with Gasteiger partial charge in [-0.1, -0.05) is 17.7 Å². The summed E-state index contributed by atoms with van der Waals surface area (Å²) < 4.78 is 37.5. The Balaban J connectivity index is 3.22. The predicted molar refractivity (Wildman–Crippen MR) is 67.8 cm³/mol. The number of alkyl halides is 3. The molecule has 4 N–H and O–H groups in total. The van der Waals surface area contributed by atoms with Gasteiger partial charge < -0.3 is 15.7 Å². The number of nitrogen functional groups attached to an aromatic ring is 1. The Kier molecular flexibility index (Phi) is 5.02. The van der Waals surface area contributed by atoms with Crippen LogP contribution in [0.1, 0.15) is 5.56 Å². The summed E-state index contributed by atoms with van der Waals surface area (Å²) in [5, 5.41) is 16.4. The molecule has 0 saturated heterocycles. The molecule has 0 fully saturated rings. The van der Waals surface area contributed by atoms with Crippen LogP contribution in [0.5, 0.6) is 0 Å². The van der Waals surface area contributed by atoms with Crippen molar-refractivity contribution in [3.63, 3.8) is 0 Å². The first-order valence-electron chi connectivity index (χ1n) is 5.31.